The van der Waals surface area contributed by atoms with E-state index in [9.17, 15) is 5.11 Å². The van der Waals surface area contributed by atoms with Gasteiger partial charge in [0.05, 0.1) is 5.60 Å². The Balaban J connectivity index is 2.62. The minimum atomic E-state index is -0.560. The molecule has 0 saturated heterocycles. The van der Waals surface area contributed by atoms with Crippen molar-refractivity contribution in [1.82, 2.24) is 0 Å². The molecular formula is C11H20O. The maximum atomic E-state index is 10.1. The molecule has 1 aliphatic rings. The molecule has 0 unspecified atom stereocenters. The van der Waals surface area contributed by atoms with Gasteiger partial charge in [-0.2, -0.15) is 0 Å². The molecule has 1 saturated carbocycles. The molecule has 1 fully saturated rings. The van der Waals surface area contributed by atoms with Crippen LogP contribution < -0.4 is 0 Å². The fraction of sp³-hybridized carbons (Fsp3) is 0.818. The first-order chi connectivity index (χ1) is 5.36. The molecule has 0 bridgehead atoms. The summed E-state index contributed by atoms with van der Waals surface area (Å²) in [5.74, 6) is 0. The molecule has 0 amide bonds. The Hall–Kier alpha value is -0.300. The third-order valence-electron chi connectivity index (χ3n) is 3.23. The van der Waals surface area contributed by atoms with E-state index in [4.69, 9.17) is 0 Å². The summed E-state index contributed by atoms with van der Waals surface area (Å²) < 4.78 is 0. The highest BCUT2D eigenvalue weighted by atomic mass is 16.3. The second kappa shape index (κ2) is 2.88. The molecule has 70 valence electrons. The van der Waals surface area contributed by atoms with E-state index < -0.39 is 5.60 Å². The smallest absolute Gasteiger partial charge is 0.0851 e. The topological polar surface area (TPSA) is 20.2 Å². The maximum absolute atomic E-state index is 10.1. The molecule has 0 aromatic rings. The summed E-state index contributed by atoms with van der Waals surface area (Å²) in [6.07, 6.45) is 3.98. The highest BCUT2D eigenvalue weighted by molar-refractivity contribution is 5.11. The zero-order chi connectivity index (χ0) is 9.41. The zero-order valence-corrected chi connectivity index (χ0v) is 8.48. The Labute approximate surface area is 75.5 Å². The van der Waals surface area contributed by atoms with Crippen LogP contribution in [0, 0.1) is 5.41 Å². The lowest BCUT2D eigenvalue weighted by Crippen LogP contribution is -2.37. The lowest BCUT2D eigenvalue weighted by atomic mass is 9.69. The Morgan fingerprint density at radius 3 is 1.92 bits per heavy atom. The second-order valence-corrected chi connectivity index (χ2v) is 4.98. The van der Waals surface area contributed by atoms with Crippen molar-refractivity contribution in [3.63, 3.8) is 0 Å². The van der Waals surface area contributed by atoms with Crippen LogP contribution in [0.5, 0.6) is 0 Å². The second-order valence-electron chi connectivity index (χ2n) is 4.98. The zero-order valence-electron chi connectivity index (χ0n) is 8.48. The predicted molar refractivity (Wildman–Crippen MR) is 52.0 cm³/mol. The first-order valence-electron chi connectivity index (χ1n) is 4.74. The highest BCUT2D eigenvalue weighted by Gasteiger charge is 2.36. The van der Waals surface area contributed by atoms with Crippen molar-refractivity contribution in [2.24, 2.45) is 5.41 Å². The third-order valence-corrected chi connectivity index (χ3v) is 3.23. The van der Waals surface area contributed by atoms with Crippen molar-refractivity contribution >= 4 is 0 Å². The summed E-state index contributed by atoms with van der Waals surface area (Å²) in [4.78, 5) is 0. The van der Waals surface area contributed by atoms with Gasteiger partial charge in [0.25, 0.3) is 0 Å². The Bertz CT molecular complexity index is 181. The lowest BCUT2D eigenvalue weighted by molar-refractivity contribution is 0.00558. The van der Waals surface area contributed by atoms with Crippen LogP contribution in [0.4, 0.5) is 0 Å². The molecule has 1 heteroatoms. The molecule has 1 N–H and O–H groups in total. The Morgan fingerprint density at radius 2 is 1.58 bits per heavy atom. The summed E-state index contributed by atoms with van der Waals surface area (Å²) in [5.41, 5.74) is 0.787. The Morgan fingerprint density at radius 1 is 1.17 bits per heavy atom. The van der Waals surface area contributed by atoms with E-state index in [-0.39, 0.29) is 0 Å². The van der Waals surface area contributed by atoms with Crippen LogP contribution >= 0.6 is 0 Å². The van der Waals surface area contributed by atoms with E-state index in [1.165, 1.54) is 0 Å². The Kier molecular flexibility index (Phi) is 2.35. The van der Waals surface area contributed by atoms with Crippen molar-refractivity contribution in [2.75, 3.05) is 0 Å². The summed E-state index contributed by atoms with van der Waals surface area (Å²) in [6, 6.07) is 0. The van der Waals surface area contributed by atoms with E-state index in [2.05, 4.69) is 20.4 Å². The van der Waals surface area contributed by atoms with Gasteiger partial charge in [0.1, 0.15) is 0 Å². The predicted octanol–water partition coefficient (Wildman–Crippen LogP) is 2.89. The molecule has 0 atom stereocenters. The van der Waals surface area contributed by atoms with Gasteiger partial charge >= 0.3 is 0 Å². The number of aliphatic hydroxyl groups is 1. The normalized spacial score (nSPS) is 26.7. The monoisotopic (exact) mass is 168 g/mol. The first-order valence-corrected chi connectivity index (χ1v) is 4.74. The van der Waals surface area contributed by atoms with Gasteiger partial charge in [-0.25, -0.2) is 0 Å². The number of hydrogen-bond acceptors (Lipinski definition) is 1. The van der Waals surface area contributed by atoms with Gasteiger partial charge in [-0.1, -0.05) is 20.4 Å². The summed E-state index contributed by atoms with van der Waals surface area (Å²) in [5, 5.41) is 10.1. The van der Waals surface area contributed by atoms with Crippen LogP contribution in [-0.2, 0) is 0 Å². The van der Waals surface area contributed by atoms with E-state index in [0.29, 0.717) is 5.41 Å². The van der Waals surface area contributed by atoms with E-state index in [0.717, 1.165) is 31.3 Å². The minimum absolute atomic E-state index is 0.418. The molecule has 1 rings (SSSR count). The average Bonchev–Trinajstić information content (AvgIpc) is 1.96. The molecule has 0 spiro atoms. The van der Waals surface area contributed by atoms with E-state index in [1.807, 2.05) is 6.92 Å². The number of rotatable bonds is 1. The standard InChI is InChI=1S/C11H20O/c1-9(2)11(12)7-5-10(3,4)6-8-11/h12H,1,5-8H2,2-4H3. The molecule has 0 aromatic heterocycles. The molecule has 1 aliphatic carbocycles. The van der Waals surface area contributed by atoms with Gasteiger partial charge in [0, 0.05) is 0 Å². The van der Waals surface area contributed by atoms with Crippen LogP contribution in [0.2, 0.25) is 0 Å². The average molecular weight is 168 g/mol. The summed E-state index contributed by atoms with van der Waals surface area (Å²) in [7, 11) is 0. The maximum Gasteiger partial charge on any atom is 0.0851 e. The van der Waals surface area contributed by atoms with Gasteiger partial charge in [-0.15, -0.1) is 0 Å². The molecule has 0 heterocycles. The van der Waals surface area contributed by atoms with E-state index in [1.54, 1.807) is 0 Å². The van der Waals surface area contributed by atoms with Crippen LogP contribution in [0.15, 0.2) is 12.2 Å². The highest BCUT2D eigenvalue weighted by Crippen LogP contribution is 2.42. The van der Waals surface area contributed by atoms with Crippen LogP contribution in [-0.4, -0.2) is 10.7 Å². The molecule has 1 nitrogen and oxygen atoms in total. The van der Waals surface area contributed by atoms with Crippen molar-refractivity contribution in [2.45, 2.75) is 52.1 Å². The largest absolute Gasteiger partial charge is 0.386 e. The molecule has 0 aliphatic heterocycles. The lowest BCUT2D eigenvalue weighted by Gasteiger charge is -2.40. The molecule has 0 radical (unpaired) electrons. The van der Waals surface area contributed by atoms with Crippen molar-refractivity contribution < 1.29 is 5.11 Å². The van der Waals surface area contributed by atoms with Crippen LogP contribution in [0.1, 0.15) is 46.5 Å². The fourth-order valence-electron chi connectivity index (χ4n) is 1.77. The quantitative estimate of drug-likeness (QED) is 0.597. The molecular weight excluding hydrogens is 148 g/mol. The molecule has 12 heavy (non-hydrogen) atoms. The third kappa shape index (κ3) is 1.89. The van der Waals surface area contributed by atoms with Crippen molar-refractivity contribution in [1.29, 1.82) is 0 Å². The summed E-state index contributed by atoms with van der Waals surface area (Å²) >= 11 is 0. The number of hydrogen-bond donors (Lipinski definition) is 1. The van der Waals surface area contributed by atoms with Gasteiger partial charge in [-0.3, -0.25) is 0 Å². The first kappa shape index (κ1) is 9.79. The van der Waals surface area contributed by atoms with Gasteiger partial charge < -0.3 is 5.11 Å². The van der Waals surface area contributed by atoms with Crippen LogP contribution in [0.3, 0.4) is 0 Å². The van der Waals surface area contributed by atoms with Gasteiger partial charge in [0.2, 0.25) is 0 Å². The van der Waals surface area contributed by atoms with E-state index >= 15 is 0 Å². The van der Waals surface area contributed by atoms with Crippen molar-refractivity contribution in [3.05, 3.63) is 12.2 Å². The molecule has 0 aromatic carbocycles. The summed E-state index contributed by atoms with van der Waals surface area (Å²) in [6.45, 7) is 10.3. The SMILES string of the molecule is C=C(C)C1(O)CCC(C)(C)CC1. The van der Waals surface area contributed by atoms with Crippen LogP contribution in [0.25, 0.3) is 0 Å². The van der Waals surface area contributed by atoms with Gasteiger partial charge in [-0.05, 0) is 43.6 Å². The van der Waals surface area contributed by atoms with Crippen molar-refractivity contribution in [3.8, 4) is 0 Å². The fourth-order valence-corrected chi connectivity index (χ4v) is 1.77. The minimum Gasteiger partial charge on any atom is -0.386 e. The van der Waals surface area contributed by atoms with Gasteiger partial charge in [0.15, 0.2) is 0 Å².